The zero-order valence-electron chi connectivity index (χ0n) is 18.9. The number of hydrogen-bond acceptors (Lipinski definition) is 1. The molecule has 0 bridgehead atoms. The van der Waals surface area contributed by atoms with Crippen molar-refractivity contribution in [2.45, 2.75) is 25.9 Å². The normalized spacial score (nSPS) is 13.0. The molecule has 0 aliphatic rings. The van der Waals surface area contributed by atoms with Gasteiger partial charge in [-0.25, -0.2) is 26.3 Å². The van der Waals surface area contributed by atoms with Crippen molar-refractivity contribution < 1.29 is 26.3 Å². The van der Waals surface area contributed by atoms with Crippen LogP contribution >= 0.6 is 0 Å². The lowest BCUT2D eigenvalue weighted by molar-refractivity contribution is 0.490. The number of hydrogen-bond donors (Lipinski definition) is 1. The van der Waals surface area contributed by atoms with Gasteiger partial charge >= 0.3 is 0 Å². The summed E-state index contributed by atoms with van der Waals surface area (Å²) in [6, 6.07) is 12.8. The first-order valence-corrected chi connectivity index (χ1v) is 10.9. The van der Waals surface area contributed by atoms with E-state index >= 15 is 0 Å². The topological polar surface area (TPSA) is 12.0 Å². The van der Waals surface area contributed by atoms with Gasteiger partial charge in [0.2, 0.25) is 0 Å². The molecule has 7 heteroatoms. The van der Waals surface area contributed by atoms with Gasteiger partial charge in [0.15, 0.2) is 0 Å². The first-order chi connectivity index (χ1) is 16.6. The molecule has 2 unspecified atom stereocenters. The maximum absolute atomic E-state index is 14.5. The van der Waals surface area contributed by atoms with E-state index in [1.807, 2.05) is 0 Å². The Morgan fingerprint density at radius 2 is 0.771 bits per heavy atom. The van der Waals surface area contributed by atoms with Crippen molar-refractivity contribution in [3.8, 4) is 22.3 Å². The lowest BCUT2D eigenvalue weighted by atomic mass is 9.92. The summed E-state index contributed by atoms with van der Waals surface area (Å²) in [5, 5.41) is 3.22. The molecule has 2 atom stereocenters. The predicted octanol–water partition coefficient (Wildman–Crippen LogP) is 8.27. The van der Waals surface area contributed by atoms with Gasteiger partial charge in [-0.2, -0.15) is 0 Å². The fraction of sp³-hybridized carbons (Fsp3) is 0.143. The molecule has 0 aromatic heterocycles. The Bertz CT molecular complexity index is 1280. The summed E-state index contributed by atoms with van der Waals surface area (Å²) < 4.78 is 84.2. The number of nitrogens with one attached hydrogen (secondary N) is 1. The van der Waals surface area contributed by atoms with Crippen LogP contribution in [0.4, 0.5) is 26.3 Å². The van der Waals surface area contributed by atoms with Crippen molar-refractivity contribution in [2.24, 2.45) is 0 Å². The fourth-order valence-corrected chi connectivity index (χ4v) is 4.24. The van der Waals surface area contributed by atoms with Crippen molar-refractivity contribution >= 4 is 0 Å². The molecule has 0 aliphatic carbocycles. The molecule has 35 heavy (non-hydrogen) atoms. The molecule has 0 fully saturated rings. The molecule has 0 aliphatic heterocycles. The van der Waals surface area contributed by atoms with Crippen molar-refractivity contribution in [3.63, 3.8) is 0 Å². The monoisotopic (exact) mass is 485 g/mol. The first-order valence-electron chi connectivity index (χ1n) is 10.9. The van der Waals surface area contributed by atoms with Gasteiger partial charge in [0.1, 0.15) is 34.9 Å². The molecule has 1 N–H and O–H groups in total. The van der Waals surface area contributed by atoms with Crippen LogP contribution in [0.3, 0.4) is 0 Å². The van der Waals surface area contributed by atoms with Gasteiger partial charge in [0, 0.05) is 35.3 Å². The lowest BCUT2D eigenvalue weighted by Crippen LogP contribution is -2.24. The third-order valence-electron chi connectivity index (χ3n) is 5.90. The van der Waals surface area contributed by atoms with Crippen LogP contribution in [0.5, 0.6) is 0 Å². The van der Waals surface area contributed by atoms with E-state index in [-0.39, 0.29) is 11.1 Å². The van der Waals surface area contributed by atoms with Gasteiger partial charge in [-0.1, -0.05) is 12.1 Å². The third-order valence-corrected chi connectivity index (χ3v) is 5.90. The number of halogens is 6. The lowest BCUT2D eigenvalue weighted by Gasteiger charge is -2.25. The summed E-state index contributed by atoms with van der Waals surface area (Å²) in [4.78, 5) is 0. The Balaban J connectivity index is 1.71. The molecular weight excluding hydrogens is 464 g/mol. The van der Waals surface area contributed by atoms with Crippen molar-refractivity contribution in [1.29, 1.82) is 0 Å². The molecule has 4 rings (SSSR count). The summed E-state index contributed by atoms with van der Waals surface area (Å²) in [5.74, 6) is -4.16. The Hall–Kier alpha value is -3.58. The van der Waals surface area contributed by atoms with Gasteiger partial charge in [-0.15, -0.1) is 0 Å². The second-order valence-electron chi connectivity index (χ2n) is 8.32. The molecule has 1 nitrogen and oxygen atoms in total. The highest BCUT2D eigenvalue weighted by Crippen LogP contribution is 2.35. The van der Waals surface area contributed by atoms with E-state index in [0.717, 1.165) is 24.3 Å². The second-order valence-corrected chi connectivity index (χ2v) is 8.32. The summed E-state index contributed by atoms with van der Waals surface area (Å²) in [6.07, 6.45) is 0. The van der Waals surface area contributed by atoms with E-state index in [1.165, 1.54) is 48.5 Å². The molecule has 4 aromatic carbocycles. The smallest absolute Gasteiger partial charge is 0.133 e. The highest BCUT2D eigenvalue weighted by molar-refractivity contribution is 5.70. The van der Waals surface area contributed by atoms with Gasteiger partial charge < -0.3 is 5.32 Å². The molecule has 0 saturated heterocycles. The van der Waals surface area contributed by atoms with E-state index < -0.39 is 47.0 Å². The first kappa shape index (κ1) is 24.5. The largest absolute Gasteiger partial charge is 0.304 e. The van der Waals surface area contributed by atoms with E-state index in [4.69, 9.17) is 0 Å². The van der Waals surface area contributed by atoms with Crippen LogP contribution in [0.25, 0.3) is 22.3 Å². The van der Waals surface area contributed by atoms with Gasteiger partial charge in [-0.3, -0.25) is 0 Å². The maximum atomic E-state index is 14.5. The second kappa shape index (κ2) is 9.96. The molecule has 0 heterocycles. The van der Waals surface area contributed by atoms with Crippen LogP contribution < -0.4 is 5.32 Å². The van der Waals surface area contributed by atoms with Crippen LogP contribution in [0, 0.1) is 34.9 Å². The van der Waals surface area contributed by atoms with Gasteiger partial charge in [0.05, 0.1) is 0 Å². The van der Waals surface area contributed by atoms with Crippen molar-refractivity contribution in [1.82, 2.24) is 5.32 Å². The quantitative estimate of drug-likeness (QED) is 0.271. The molecule has 0 radical (unpaired) electrons. The summed E-state index contributed by atoms with van der Waals surface area (Å²) in [7, 11) is 0. The maximum Gasteiger partial charge on any atom is 0.133 e. The van der Waals surface area contributed by atoms with Crippen molar-refractivity contribution in [2.75, 3.05) is 0 Å². The highest BCUT2D eigenvalue weighted by Gasteiger charge is 2.21. The van der Waals surface area contributed by atoms with Crippen molar-refractivity contribution in [3.05, 3.63) is 119 Å². The van der Waals surface area contributed by atoms with Crippen LogP contribution in [-0.4, -0.2) is 0 Å². The Labute approximate surface area is 199 Å². The summed E-state index contributed by atoms with van der Waals surface area (Å²) in [6.45, 7) is 3.43. The zero-order valence-corrected chi connectivity index (χ0v) is 18.9. The Morgan fingerprint density at radius 3 is 1.11 bits per heavy atom. The Morgan fingerprint density at radius 1 is 0.457 bits per heavy atom. The summed E-state index contributed by atoms with van der Waals surface area (Å²) >= 11 is 0. The zero-order chi connectivity index (χ0) is 25.3. The van der Waals surface area contributed by atoms with E-state index in [9.17, 15) is 26.3 Å². The van der Waals surface area contributed by atoms with Gasteiger partial charge in [0.25, 0.3) is 0 Å². The number of rotatable bonds is 6. The molecule has 0 amide bonds. The minimum Gasteiger partial charge on any atom is -0.304 e. The molecule has 0 spiro atoms. The SMILES string of the molecule is CC(NC(C)c1cc(F)ccc1-c1ccc(F)cc1F)c1cc(F)ccc1-c1ccc(F)cc1F. The van der Waals surface area contributed by atoms with E-state index in [0.29, 0.717) is 22.3 Å². The summed E-state index contributed by atoms with van der Waals surface area (Å²) in [5.41, 5.74) is 1.71. The molecule has 4 aromatic rings. The predicted molar refractivity (Wildman–Crippen MR) is 123 cm³/mol. The molecule has 0 saturated carbocycles. The van der Waals surface area contributed by atoms with E-state index in [1.54, 1.807) is 13.8 Å². The standard InChI is InChI=1S/C28H21F6N/c1-15(25-11-17(29)3-7-21(25)23-9-5-19(31)13-27(23)33)35-16(2)26-12-18(30)4-8-22(26)24-10-6-20(32)14-28(24)34/h3-16,35H,1-2H3. The minimum atomic E-state index is -0.794. The average Bonchev–Trinajstić information content (AvgIpc) is 2.80. The minimum absolute atomic E-state index is 0.0996. The fourth-order valence-electron chi connectivity index (χ4n) is 4.24. The average molecular weight is 485 g/mol. The van der Waals surface area contributed by atoms with Crippen LogP contribution in [-0.2, 0) is 0 Å². The van der Waals surface area contributed by atoms with Crippen LogP contribution in [0.15, 0.2) is 72.8 Å². The molecule has 180 valence electrons. The molecular formula is C28H21F6N. The highest BCUT2D eigenvalue weighted by atomic mass is 19.2. The number of benzene rings is 4. The van der Waals surface area contributed by atoms with Crippen LogP contribution in [0.1, 0.15) is 37.1 Å². The third kappa shape index (κ3) is 5.25. The Kier molecular flexibility index (Phi) is 6.98. The van der Waals surface area contributed by atoms with Crippen LogP contribution in [0.2, 0.25) is 0 Å². The van der Waals surface area contributed by atoms with Gasteiger partial charge in [-0.05, 0) is 84.6 Å². The van der Waals surface area contributed by atoms with E-state index in [2.05, 4.69) is 5.32 Å².